The van der Waals surface area contributed by atoms with Gasteiger partial charge in [0, 0.05) is 5.82 Å². The Morgan fingerprint density at radius 1 is 0.970 bits per heavy atom. The van der Waals surface area contributed by atoms with Crippen LogP contribution in [0.1, 0.15) is 33.3 Å². The first-order chi connectivity index (χ1) is 14.5. The van der Waals surface area contributed by atoms with Crippen LogP contribution < -0.4 is 24.8 Å². The van der Waals surface area contributed by atoms with Crippen molar-refractivity contribution in [2.24, 2.45) is 5.92 Å². The molecule has 1 aliphatic rings. The zero-order chi connectivity index (χ0) is 23.3. The second-order valence-corrected chi connectivity index (χ2v) is 17.6. The van der Waals surface area contributed by atoms with Gasteiger partial charge in [-0.1, -0.05) is 75.6 Å². The van der Waals surface area contributed by atoms with E-state index in [-0.39, 0.29) is 30.2 Å². The van der Waals surface area contributed by atoms with E-state index in [2.05, 4.69) is 46.9 Å². The third kappa shape index (κ3) is 8.66. The van der Waals surface area contributed by atoms with Gasteiger partial charge in [0.15, 0.2) is 0 Å². The smallest absolute Gasteiger partial charge is 0.107 e. The Hall–Kier alpha value is -0.930. The summed E-state index contributed by atoms with van der Waals surface area (Å²) in [5, 5.41) is 1.11. The molecule has 176 valence electrons. The maximum absolute atomic E-state index is 13.7. The quantitative estimate of drug-likeness (QED) is 0.305. The summed E-state index contributed by atoms with van der Waals surface area (Å²) < 4.78 is 27.1. The molecule has 1 unspecified atom stereocenters. The van der Waals surface area contributed by atoms with Crippen LogP contribution >= 0.6 is 0 Å². The maximum Gasteiger partial charge on any atom is 0.107 e. The molecule has 1 aliphatic carbocycles. The predicted octanol–water partition coefficient (Wildman–Crippen LogP) is 2.33. The summed E-state index contributed by atoms with van der Waals surface area (Å²) in [7, 11) is 0. The molecule has 0 fully saturated rings. The van der Waals surface area contributed by atoms with Crippen LogP contribution in [0, 0.1) is 30.6 Å². The standard InChI is InChI=1S/C16H11F2.C9H13.C2H6Si.2ClH.Zr/c1-10-7-13-14(8-12(17)9-15(13)18)16(10)11-5-3-2-4-6-11;1-6-5-7(2)9(4)8(6)3;1-3-2;;;/h2-9H,1H3;6H,1-4H3;1-2H3;2*1H;/q2*-1;;;;+2/p-2. The Morgan fingerprint density at radius 3 is 1.94 bits per heavy atom. The molecule has 33 heavy (non-hydrogen) atoms. The first-order valence-corrected chi connectivity index (χ1v) is 16.6. The molecule has 0 aliphatic heterocycles. The summed E-state index contributed by atoms with van der Waals surface area (Å²) in [6, 6.07) is 13.8. The molecule has 4 rings (SSSR count). The van der Waals surface area contributed by atoms with Crippen molar-refractivity contribution in [3.63, 3.8) is 0 Å². The van der Waals surface area contributed by atoms with E-state index in [0.29, 0.717) is 16.7 Å². The van der Waals surface area contributed by atoms with Gasteiger partial charge in [0.05, 0.1) is 0 Å². The van der Waals surface area contributed by atoms with Gasteiger partial charge in [-0.3, -0.25) is 10.5 Å². The molecular formula is C27H30Cl2F2SiZr-2. The first-order valence-electron chi connectivity index (χ1n) is 10.4. The zero-order valence-corrected chi connectivity index (χ0v) is 25.2. The Kier molecular flexibility index (Phi) is 14.1. The number of aryl methyl sites for hydroxylation is 1. The van der Waals surface area contributed by atoms with Gasteiger partial charge in [-0.15, -0.1) is 34.9 Å². The van der Waals surface area contributed by atoms with Crippen LogP contribution in [0.2, 0.25) is 13.1 Å². The van der Waals surface area contributed by atoms with E-state index >= 15 is 0 Å². The minimum atomic E-state index is -0.539. The maximum atomic E-state index is 13.7. The molecule has 6 heteroatoms. The predicted molar refractivity (Wildman–Crippen MR) is 127 cm³/mol. The molecule has 0 amide bonds. The van der Waals surface area contributed by atoms with E-state index in [9.17, 15) is 8.78 Å². The van der Waals surface area contributed by atoms with Gasteiger partial charge < -0.3 is 24.8 Å². The van der Waals surface area contributed by atoms with Crippen LogP contribution in [-0.4, -0.2) is 5.43 Å². The minimum absolute atomic E-state index is 0. The molecule has 0 saturated carbocycles. The molecule has 0 aromatic heterocycles. The molecule has 0 radical (unpaired) electrons. The second kappa shape index (κ2) is 14.5. The number of fused-ring (bicyclic) bond motifs is 1. The van der Waals surface area contributed by atoms with Gasteiger partial charge in [-0.25, -0.2) is 9.96 Å². The van der Waals surface area contributed by atoms with Gasteiger partial charge in [0.1, 0.15) is 5.82 Å². The van der Waals surface area contributed by atoms with Crippen molar-refractivity contribution < 1.29 is 56.9 Å². The minimum Gasteiger partial charge on any atom is -1.00 e. The van der Waals surface area contributed by atoms with Gasteiger partial charge >= 0.3 is 41.9 Å². The van der Waals surface area contributed by atoms with Crippen LogP contribution in [0.25, 0.3) is 21.9 Å². The number of hydrogen-bond acceptors (Lipinski definition) is 0. The molecule has 0 bridgehead atoms. The van der Waals surface area contributed by atoms with E-state index in [1.165, 1.54) is 22.8 Å². The Balaban J connectivity index is 0.000000580. The molecule has 0 nitrogen and oxygen atoms in total. The van der Waals surface area contributed by atoms with E-state index in [1.807, 2.05) is 37.3 Å². The molecule has 1 atom stereocenters. The summed E-state index contributed by atoms with van der Waals surface area (Å²) in [5.74, 6) is -0.483. The molecule has 0 N–H and O–H groups in total. The van der Waals surface area contributed by atoms with Crippen LogP contribution in [0.15, 0.2) is 65.3 Å². The van der Waals surface area contributed by atoms with Crippen LogP contribution in [0.3, 0.4) is 0 Å². The SMILES string of the molecule is CC1=[C-]C(C)C(C)=C1C.C[Si](C)=[Zr+2].Cc1[cH-]c2c(F)cc(F)cc2c1-c1ccccc1.[Cl-].[Cl-]. The second-order valence-electron chi connectivity index (χ2n) is 8.22. The van der Waals surface area contributed by atoms with Crippen LogP contribution in [0.4, 0.5) is 8.78 Å². The monoisotopic (exact) mass is 580 g/mol. The molecule has 3 aromatic rings. The average Bonchev–Trinajstić information content (AvgIpc) is 3.13. The van der Waals surface area contributed by atoms with E-state index in [0.717, 1.165) is 22.8 Å². The topological polar surface area (TPSA) is 0 Å². The van der Waals surface area contributed by atoms with Crippen molar-refractivity contribution >= 4 is 16.2 Å². The number of hydrogen-bond donors (Lipinski definition) is 0. The number of rotatable bonds is 1. The summed E-state index contributed by atoms with van der Waals surface area (Å²) in [6.07, 6.45) is 3.36. The average molecular weight is 583 g/mol. The fraction of sp³-hybridized carbons (Fsp3) is 0.296. The van der Waals surface area contributed by atoms with Gasteiger partial charge in [-0.05, 0) is 6.07 Å². The van der Waals surface area contributed by atoms with Gasteiger partial charge in [0.25, 0.3) is 0 Å². The third-order valence-corrected chi connectivity index (χ3v) is 5.42. The van der Waals surface area contributed by atoms with Crippen molar-refractivity contribution in [2.75, 3.05) is 0 Å². The first kappa shape index (κ1) is 32.1. The van der Waals surface area contributed by atoms with Crippen molar-refractivity contribution in [1.29, 1.82) is 0 Å². The summed E-state index contributed by atoms with van der Waals surface area (Å²) in [5.41, 5.74) is 7.30. The van der Waals surface area contributed by atoms with Gasteiger partial charge in [-0.2, -0.15) is 11.1 Å². The molecule has 0 saturated heterocycles. The van der Waals surface area contributed by atoms with E-state index < -0.39 is 11.6 Å². The Bertz CT molecular complexity index is 1140. The number of benzene rings is 2. The van der Waals surface area contributed by atoms with Gasteiger partial charge in [0.2, 0.25) is 0 Å². The fourth-order valence-corrected chi connectivity index (χ4v) is 3.59. The summed E-state index contributed by atoms with van der Waals surface area (Å²) in [4.78, 5) is 0. The van der Waals surface area contributed by atoms with E-state index in [4.69, 9.17) is 0 Å². The normalized spacial score (nSPS) is 14.3. The third-order valence-electron chi connectivity index (χ3n) is 5.42. The van der Waals surface area contributed by atoms with Crippen LogP contribution in [0.5, 0.6) is 0 Å². The van der Waals surface area contributed by atoms with Crippen molar-refractivity contribution in [2.45, 2.75) is 47.7 Å². The number of halogens is 4. The molecule has 0 heterocycles. The largest absolute Gasteiger partial charge is 1.00 e. The van der Waals surface area contributed by atoms with Crippen molar-refractivity contribution in [3.05, 3.63) is 88.5 Å². The van der Waals surface area contributed by atoms with Crippen LogP contribution in [-0.2, 0) is 23.3 Å². The Labute approximate surface area is 225 Å². The summed E-state index contributed by atoms with van der Waals surface area (Å²) in [6.45, 7) is 15.2. The van der Waals surface area contributed by atoms with Crippen molar-refractivity contribution in [3.8, 4) is 11.1 Å². The molecule has 3 aromatic carbocycles. The van der Waals surface area contributed by atoms with E-state index in [1.54, 1.807) is 29.4 Å². The zero-order valence-electron chi connectivity index (χ0n) is 20.2. The number of allylic oxidation sites excluding steroid dienone is 4. The van der Waals surface area contributed by atoms with Crippen molar-refractivity contribution in [1.82, 2.24) is 0 Å². The molecular weight excluding hydrogens is 553 g/mol. The fourth-order valence-electron chi connectivity index (χ4n) is 3.59. The Morgan fingerprint density at radius 2 is 1.52 bits per heavy atom. The molecule has 0 spiro atoms. The summed E-state index contributed by atoms with van der Waals surface area (Å²) >= 11 is 1.74.